The van der Waals surface area contributed by atoms with E-state index in [9.17, 15) is 34.6 Å². The number of nitrogens with zero attached hydrogens (tertiary/aromatic N) is 2. The van der Waals surface area contributed by atoms with Crippen molar-refractivity contribution in [3.8, 4) is 0 Å². The van der Waals surface area contributed by atoms with E-state index in [1.807, 2.05) is 0 Å². The Morgan fingerprint density at radius 2 is 1.53 bits per heavy atom. The second kappa shape index (κ2) is 9.73. The van der Waals surface area contributed by atoms with E-state index in [1.165, 1.54) is 18.2 Å². The van der Waals surface area contributed by atoms with E-state index < -0.39 is 39.0 Å². The number of carboxylic acids is 1. The summed E-state index contributed by atoms with van der Waals surface area (Å²) in [6, 6.07) is 8.41. The lowest BCUT2D eigenvalue weighted by Gasteiger charge is -2.11. The summed E-state index contributed by atoms with van der Waals surface area (Å²) in [5.41, 5.74) is -1.43. The highest BCUT2D eigenvalue weighted by atomic mass is 16.6. The van der Waals surface area contributed by atoms with Crippen molar-refractivity contribution >= 4 is 34.8 Å². The number of rotatable bonds is 9. The van der Waals surface area contributed by atoms with Gasteiger partial charge in [-0.05, 0) is 18.6 Å². The molecular formula is C18H16N4O8. The summed E-state index contributed by atoms with van der Waals surface area (Å²) >= 11 is 0. The van der Waals surface area contributed by atoms with Crippen molar-refractivity contribution in [3.05, 3.63) is 73.8 Å². The van der Waals surface area contributed by atoms with Gasteiger partial charge >= 0.3 is 5.97 Å². The van der Waals surface area contributed by atoms with Gasteiger partial charge in [-0.25, -0.2) is 0 Å². The van der Waals surface area contributed by atoms with Crippen LogP contribution in [0.2, 0.25) is 0 Å². The largest absolute Gasteiger partial charge is 0.481 e. The van der Waals surface area contributed by atoms with Crippen LogP contribution in [-0.2, 0) is 4.79 Å². The van der Waals surface area contributed by atoms with E-state index in [4.69, 9.17) is 5.11 Å². The van der Waals surface area contributed by atoms with E-state index in [0.717, 1.165) is 18.2 Å². The van der Waals surface area contributed by atoms with Crippen molar-refractivity contribution in [2.75, 3.05) is 11.9 Å². The number of nitrogens with one attached hydrogen (secondary N) is 2. The van der Waals surface area contributed by atoms with E-state index >= 15 is 0 Å². The molecule has 2 aromatic rings. The van der Waals surface area contributed by atoms with Gasteiger partial charge in [-0.15, -0.1) is 0 Å². The number of carboxylic acid groups (broad SMARTS) is 1. The Balaban J connectivity index is 2.22. The molecule has 0 unspecified atom stereocenters. The Morgan fingerprint density at radius 1 is 0.933 bits per heavy atom. The van der Waals surface area contributed by atoms with Gasteiger partial charge in [-0.3, -0.25) is 34.6 Å². The zero-order chi connectivity index (χ0) is 22.3. The third kappa shape index (κ3) is 5.82. The first-order chi connectivity index (χ1) is 14.2. The maximum Gasteiger partial charge on any atom is 0.303 e. The molecular weight excluding hydrogens is 400 g/mol. The van der Waals surface area contributed by atoms with Crippen molar-refractivity contribution in [1.29, 1.82) is 0 Å². The van der Waals surface area contributed by atoms with Gasteiger partial charge in [0.1, 0.15) is 0 Å². The Labute approximate surface area is 168 Å². The third-order valence-electron chi connectivity index (χ3n) is 3.86. The van der Waals surface area contributed by atoms with Crippen molar-refractivity contribution in [3.63, 3.8) is 0 Å². The molecule has 0 bridgehead atoms. The number of amides is 2. The molecule has 2 rings (SSSR count). The molecule has 0 aromatic heterocycles. The number of nitro benzene ring substituents is 2. The lowest BCUT2D eigenvalue weighted by molar-refractivity contribution is -0.394. The van der Waals surface area contributed by atoms with Crippen LogP contribution < -0.4 is 10.6 Å². The van der Waals surface area contributed by atoms with E-state index in [0.29, 0.717) is 0 Å². The summed E-state index contributed by atoms with van der Waals surface area (Å²) in [5, 5.41) is 35.5. The molecule has 0 aliphatic heterocycles. The topological polar surface area (TPSA) is 182 Å². The van der Waals surface area contributed by atoms with Crippen LogP contribution in [-0.4, -0.2) is 39.3 Å². The highest BCUT2D eigenvalue weighted by molar-refractivity contribution is 6.09. The Hall–Kier alpha value is -4.35. The number of carbonyl (C=O) groups is 3. The number of para-hydroxylation sites is 1. The number of hydrogen-bond donors (Lipinski definition) is 3. The molecule has 12 nitrogen and oxygen atoms in total. The van der Waals surface area contributed by atoms with Gasteiger partial charge < -0.3 is 15.7 Å². The van der Waals surface area contributed by atoms with Crippen molar-refractivity contribution < 1.29 is 29.3 Å². The fraction of sp³-hybridized carbons (Fsp3) is 0.167. The number of anilines is 1. The fourth-order valence-electron chi connectivity index (χ4n) is 2.46. The average Bonchev–Trinajstić information content (AvgIpc) is 2.70. The monoisotopic (exact) mass is 416 g/mol. The molecule has 0 fully saturated rings. The number of non-ortho nitro benzene ring substituents is 2. The molecule has 12 heteroatoms. The molecule has 2 amide bonds. The summed E-state index contributed by atoms with van der Waals surface area (Å²) in [4.78, 5) is 55.6. The predicted octanol–water partition coefficient (Wildman–Crippen LogP) is 2.35. The SMILES string of the molecule is O=C(O)CCCNC(=O)c1ccccc1NC(=O)c1cc([N+](=O)[O-])cc([N+](=O)[O-])c1. The van der Waals surface area contributed by atoms with Gasteiger partial charge in [0, 0.05) is 25.1 Å². The minimum Gasteiger partial charge on any atom is -0.481 e. The van der Waals surface area contributed by atoms with Crippen LogP contribution in [0.25, 0.3) is 0 Å². The molecule has 30 heavy (non-hydrogen) atoms. The Bertz CT molecular complexity index is 989. The van der Waals surface area contributed by atoms with Crippen LogP contribution in [0.5, 0.6) is 0 Å². The average molecular weight is 416 g/mol. The van der Waals surface area contributed by atoms with Crippen LogP contribution in [0.15, 0.2) is 42.5 Å². The van der Waals surface area contributed by atoms with E-state index in [-0.39, 0.29) is 36.2 Å². The second-order valence-corrected chi connectivity index (χ2v) is 6.01. The molecule has 0 aliphatic carbocycles. The van der Waals surface area contributed by atoms with Crippen LogP contribution >= 0.6 is 0 Å². The maximum atomic E-state index is 12.5. The molecule has 0 saturated heterocycles. The van der Waals surface area contributed by atoms with Crippen molar-refractivity contribution in [2.24, 2.45) is 0 Å². The first-order valence-corrected chi connectivity index (χ1v) is 8.53. The smallest absolute Gasteiger partial charge is 0.303 e. The van der Waals surface area contributed by atoms with Gasteiger partial charge in [0.25, 0.3) is 23.2 Å². The normalized spacial score (nSPS) is 10.1. The molecule has 2 aromatic carbocycles. The summed E-state index contributed by atoms with van der Waals surface area (Å²) in [7, 11) is 0. The molecule has 0 spiro atoms. The van der Waals surface area contributed by atoms with Gasteiger partial charge in [-0.1, -0.05) is 12.1 Å². The fourth-order valence-corrected chi connectivity index (χ4v) is 2.46. The molecule has 0 heterocycles. The van der Waals surface area contributed by atoms with Crippen LogP contribution in [0.4, 0.5) is 17.1 Å². The molecule has 156 valence electrons. The van der Waals surface area contributed by atoms with Crippen LogP contribution in [0, 0.1) is 20.2 Å². The molecule has 0 aliphatic rings. The van der Waals surface area contributed by atoms with Gasteiger partial charge in [-0.2, -0.15) is 0 Å². The van der Waals surface area contributed by atoms with E-state index in [1.54, 1.807) is 6.07 Å². The highest BCUT2D eigenvalue weighted by Crippen LogP contribution is 2.24. The molecule has 0 radical (unpaired) electrons. The standard InChI is InChI=1S/C18H16N4O8/c23-16(24)6-3-7-19-18(26)14-4-1-2-5-15(14)20-17(25)11-8-12(21(27)28)10-13(9-11)22(29)30/h1-2,4-5,8-10H,3,6-7H2,(H,19,26)(H,20,25)(H,23,24). The summed E-state index contributed by atoms with van der Waals surface area (Å²) in [6.07, 6.45) is 0.0944. The maximum absolute atomic E-state index is 12.5. The third-order valence-corrected chi connectivity index (χ3v) is 3.86. The van der Waals surface area contributed by atoms with Gasteiger partial charge in [0.15, 0.2) is 0 Å². The van der Waals surface area contributed by atoms with E-state index in [2.05, 4.69) is 10.6 Å². The second-order valence-electron chi connectivity index (χ2n) is 6.01. The Kier molecular flexibility index (Phi) is 7.11. The lowest BCUT2D eigenvalue weighted by Crippen LogP contribution is -2.26. The van der Waals surface area contributed by atoms with Crippen LogP contribution in [0.1, 0.15) is 33.6 Å². The summed E-state index contributed by atoms with van der Waals surface area (Å²) in [6.45, 7) is 0.102. The first-order valence-electron chi connectivity index (χ1n) is 8.53. The minimum atomic E-state index is -0.997. The number of aliphatic carboxylic acids is 1. The molecule has 0 saturated carbocycles. The first kappa shape index (κ1) is 21.9. The molecule has 0 atom stereocenters. The number of carbonyl (C=O) groups excluding carboxylic acids is 2. The van der Waals surface area contributed by atoms with Crippen molar-refractivity contribution in [2.45, 2.75) is 12.8 Å². The highest BCUT2D eigenvalue weighted by Gasteiger charge is 2.21. The zero-order valence-corrected chi connectivity index (χ0v) is 15.4. The van der Waals surface area contributed by atoms with Crippen LogP contribution in [0.3, 0.4) is 0 Å². The minimum absolute atomic E-state index is 0.0705. The number of nitro groups is 2. The molecule has 3 N–H and O–H groups in total. The predicted molar refractivity (Wildman–Crippen MR) is 103 cm³/mol. The van der Waals surface area contributed by atoms with Gasteiger partial charge in [0.2, 0.25) is 0 Å². The summed E-state index contributed by atoms with van der Waals surface area (Å²) in [5.74, 6) is -2.45. The Morgan fingerprint density at radius 3 is 2.10 bits per heavy atom. The number of benzene rings is 2. The quantitative estimate of drug-likeness (QED) is 0.316. The van der Waals surface area contributed by atoms with Crippen molar-refractivity contribution in [1.82, 2.24) is 5.32 Å². The number of hydrogen-bond acceptors (Lipinski definition) is 7. The summed E-state index contributed by atoms with van der Waals surface area (Å²) < 4.78 is 0. The zero-order valence-electron chi connectivity index (χ0n) is 15.4. The lowest BCUT2D eigenvalue weighted by atomic mass is 10.1. The van der Waals surface area contributed by atoms with Gasteiger partial charge in [0.05, 0.1) is 32.7 Å².